The lowest BCUT2D eigenvalue weighted by molar-refractivity contribution is 0.0698. The minimum absolute atomic E-state index is 0.0798. The number of carbonyl (C=O) groups excluding carboxylic acids is 1. The van der Waals surface area contributed by atoms with Crippen LogP contribution in [0.3, 0.4) is 0 Å². The number of hydrogen-bond donors (Lipinski definition) is 2. The average molecular weight is 355 g/mol. The molecule has 21 heavy (non-hydrogen) atoms. The summed E-state index contributed by atoms with van der Waals surface area (Å²) < 4.78 is 0.665. The molecule has 5 nitrogen and oxygen atoms in total. The Morgan fingerprint density at radius 3 is 2.67 bits per heavy atom. The van der Waals surface area contributed by atoms with Gasteiger partial charge in [0.1, 0.15) is 0 Å². The number of benzene rings is 1. The summed E-state index contributed by atoms with van der Waals surface area (Å²) in [7, 11) is 0. The molecule has 1 aliphatic heterocycles. The molecule has 1 aromatic rings. The number of carboxylic acid groups (broad SMARTS) is 1. The summed E-state index contributed by atoms with van der Waals surface area (Å²) in [5.74, 6) is -0.00286. The summed E-state index contributed by atoms with van der Waals surface area (Å²) in [5.41, 5.74) is 0.401. The Balaban J connectivity index is 2.11. The highest BCUT2D eigenvalue weighted by Crippen LogP contribution is 2.25. The van der Waals surface area contributed by atoms with E-state index in [1.165, 1.54) is 6.07 Å². The average Bonchev–Trinajstić information content (AvgIpc) is 2.43. The van der Waals surface area contributed by atoms with Crippen LogP contribution in [0.2, 0.25) is 0 Å². The fourth-order valence-corrected chi connectivity index (χ4v) is 2.81. The Morgan fingerprint density at radius 1 is 1.33 bits per heavy atom. The lowest BCUT2D eigenvalue weighted by Gasteiger charge is -2.35. The van der Waals surface area contributed by atoms with Gasteiger partial charge in [-0.3, -0.25) is 0 Å². The van der Waals surface area contributed by atoms with Crippen molar-refractivity contribution in [2.24, 2.45) is 11.8 Å². The third-order valence-corrected chi connectivity index (χ3v) is 4.57. The molecular weight excluding hydrogens is 336 g/mol. The SMILES string of the molecule is CC1CCN(C(=O)Nc2ccc(Br)cc2C(=O)O)CC1C. The summed E-state index contributed by atoms with van der Waals surface area (Å²) in [5, 5.41) is 11.9. The lowest BCUT2D eigenvalue weighted by Crippen LogP contribution is -2.44. The molecule has 6 heteroatoms. The van der Waals surface area contributed by atoms with Crippen molar-refractivity contribution in [1.82, 2.24) is 4.90 Å². The van der Waals surface area contributed by atoms with Crippen molar-refractivity contribution in [3.63, 3.8) is 0 Å². The number of urea groups is 1. The van der Waals surface area contributed by atoms with E-state index in [0.717, 1.165) is 6.42 Å². The first-order chi connectivity index (χ1) is 9.88. The smallest absolute Gasteiger partial charge is 0.337 e. The number of likely N-dealkylation sites (tertiary alicyclic amines) is 1. The maximum atomic E-state index is 12.3. The molecule has 1 aliphatic rings. The number of amides is 2. The maximum Gasteiger partial charge on any atom is 0.337 e. The quantitative estimate of drug-likeness (QED) is 0.851. The fraction of sp³-hybridized carbons (Fsp3) is 0.467. The van der Waals surface area contributed by atoms with Gasteiger partial charge in [-0.05, 0) is 36.5 Å². The van der Waals surface area contributed by atoms with Crippen LogP contribution in [0.15, 0.2) is 22.7 Å². The number of nitrogens with one attached hydrogen (secondary N) is 1. The number of carboxylic acids is 1. The minimum atomic E-state index is -1.06. The molecule has 0 saturated carbocycles. The second-order valence-electron chi connectivity index (χ2n) is 5.61. The molecule has 0 aromatic heterocycles. The Hall–Kier alpha value is -1.56. The number of rotatable bonds is 2. The number of nitrogens with zero attached hydrogens (tertiary/aromatic N) is 1. The van der Waals surface area contributed by atoms with E-state index in [0.29, 0.717) is 35.1 Å². The molecule has 0 bridgehead atoms. The number of carbonyl (C=O) groups is 2. The van der Waals surface area contributed by atoms with Gasteiger partial charge in [-0.2, -0.15) is 0 Å². The first kappa shape index (κ1) is 15.8. The molecule has 2 unspecified atom stereocenters. The summed E-state index contributed by atoms with van der Waals surface area (Å²) in [4.78, 5) is 25.3. The van der Waals surface area contributed by atoms with Crippen LogP contribution in [-0.2, 0) is 0 Å². The highest BCUT2D eigenvalue weighted by molar-refractivity contribution is 9.10. The molecule has 0 spiro atoms. The second kappa shape index (κ2) is 6.47. The van der Waals surface area contributed by atoms with Crippen LogP contribution in [0.1, 0.15) is 30.6 Å². The van der Waals surface area contributed by atoms with Gasteiger partial charge in [-0.25, -0.2) is 9.59 Å². The summed E-state index contributed by atoms with van der Waals surface area (Å²) in [6.07, 6.45) is 0.973. The van der Waals surface area contributed by atoms with E-state index in [9.17, 15) is 14.7 Å². The van der Waals surface area contributed by atoms with Gasteiger partial charge < -0.3 is 15.3 Å². The van der Waals surface area contributed by atoms with Crippen molar-refractivity contribution in [3.05, 3.63) is 28.2 Å². The highest BCUT2D eigenvalue weighted by Gasteiger charge is 2.26. The van der Waals surface area contributed by atoms with Gasteiger partial charge in [-0.15, -0.1) is 0 Å². The van der Waals surface area contributed by atoms with Crippen molar-refractivity contribution in [2.45, 2.75) is 20.3 Å². The van der Waals surface area contributed by atoms with E-state index in [4.69, 9.17) is 0 Å². The maximum absolute atomic E-state index is 12.3. The van der Waals surface area contributed by atoms with E-state index in [2.05, 4.69) is 35.1 Å². The van der Waals surface area contributed by atoms with Gasteiger partial charge in [0, 0.05) is 17.6 Å². The topological polar surface area (TPSA) is 69.6 Å². The van der Waals surface area contributed by atoms with Crippen molar-refractivity contribution < 1.29 is 14.7 Å². The molecule has 2 atom stereocenters. The molecule has 0 radical (unpaired) electrons. The third-order valence-electron chi connectivity index (χ3n) is 4.07. The van der Waals surface area contributed by atoms with Crippen LogP contribution >= 0.6 is 15.9 Å². The molecule has 2 N–H and O–H groups in total. The number of anilines is 1. The van der Waals surface area contributed by atoms with E-state index in [1.807, 2.05) is 0 Å². The van der Waals surface area contributed by atoms with Crippen LogP contribution < -0.4 is 5.32 Å². The zero-order valence-corrected chi connectivity index (χ0v) is 13.7. The number of aromatic carboxylic acids is 1. The number of hydrogen-bond acceptors (Lipinski definition) is 2. The Labute approximate surface area is 132 Å². The van der Waals surface area contributed by atoms with Crippen LogP contribution in [0.25, 0.3) is 0 Å². The van der Waals surface area contributed by atoms with Crippen LogP contribution in [0.4, 0.5) is 10.5 Å². The zero-order chi connectivity index (χ0) is 15.6. The van der Waals surface area contributed by atoms with E-state index < -0.39 is 5.97 Å². The second-order valence-corrected chi connectivity index (χ2v) is 6.53. The van der Waals surface area contributed by atoms with Crippen molar-refractivity contribution in [2.75, 3.05) is 18.4 Å². The molecule has 114 valence electrons. The normalized spacial score (nSPS) is 22.0. The summed E-state index contributed by atoms with van der Waals surface area (Å²) in [6, 6.07) is 4.56. The summed E-state index contributed by atoms with van der Waals surface area (Å²) >= 11 is 3.24. The number of halogens is 1. The van der Waals surface area contributed by atoms with Crippen molar-refractivity contribution in [1.29, 1.82) is 0 Å². The molecule has 2 rings (SSSR count). The van der Waals surface area contributed by atoms with Crippen LogP contribution in [-0.4, -0.2) is 35.1 Å². The van der Waals surface area contributed by atoms with E-state index >= 15 is 0 Å². The lowest BCUT2D eigenvalue weighted by atomic mass is 9.89. The van der Waals surface area contributed by atoms with Gasteiger partial charge in [0.15, 0.2) is 0 Å². The first-order valence-corrected chi connectivity index (χ1v) is 7.76. The summed E-state index contributed by atoms with van der Waals surface area (Å²) in [6.45, 7) is 5.73. The molecular formula is C15H19BrN2O3. The van der Waals surface area contributed by atoms with Crippen LogP contribution in [0, 0.1) is 11.8 Å². The molecule has 1 saturated heterocycles. The first-order valence-electron chi connectivity index (χ1n) is 6.97. The van der Waals surface area contributed by atoms with E-state index in [1.54, 1.807) is 17.0 Å². The molecule has 1 fully saturated rings. The van der Waals surface area contributed by atoms with E-state index in [-0.39, 0.29) is 11.6 Å². The Kier molecular flexibility index (Phi) is 4.88. The Bertz CT molecular complexity index is 562. The standard InChI is InChI=1S/C15H19BrN2O3/c1-9-5-6-18(8-10(9)2)15(21)17-13-4-3-11(16)7-12(13)14(19)20/h3-4,7,9-10H,5-6,8H2,1-2H3,(H,17,21)(H,19,20). The van der Waals surface area contributed by atoms with Crippen molar-refractivity contribution >= 4 is 33.6 Å². The Morgan fingerprint density at radius 2 is 2.05 bits per heavy atom. The van der Waals surface area contributed by atoms with Gasteiger partial charge in [0.2, 0.25) is 0 Å². The minimum Gasteiger partial charge on any atom is -0.478 e. The van der Waals surface area contributed by atoms with Gasteiger partial charge in [0.25, 0.3) is 0 Å². The largest absolute Gasteiger partial charge is 0.478 e. The van der Waals surface area contributed by atoms with Crippen molar-refractivity contribution in [3.8, 4) is 0 Å². The molecule has 2 amide bonds. The molecule has 0 aliphatic carbocycles. The van der Waals surface area contributed by atoms with Gasteiger partial charge >= 0.3 is 12.0 Å². The molecule has 1 aromatic carbocycles. The van der Waals surface area contributed by atoms with Gasteiger partial charge in [0.05, 0.1) is 11.3 Å². The predicted molar refractivity (Wildman–Crippen MR) is 84.6 cm³/mol. The highest BCUT2D eigenvalue weighted by atomic mass is 79.9. The number of piperidine rings is 1. The predicted octanol–water partition coefficient (Wildman–Crippen LogP) is 3.66. The third kappa shape index (κ3) is 3.75. The molecule has 1 heterocycles. The fourth-order valence-electron chi connectivity index (χ4n) is 2.44. The zero-order valence-electron chi connectivity index (χ0n) is 12.1. The van der Waals surface area contributed by atoms with Crippen LogP contribution in [0.5, 0.6) is 0 Å². The monoisotopic (exact) mass is 354 g/mol. The van der Waals surface area contributed by atoms with Gasteiger partial charge in [-0.1, -0.05) is 29.8 Å².